The molecule has 4 aliphatic rings. The fourth-order valence-electron chi connectivity index (χ4n) is 7.43. The van der Waals surface area contributed by atoms with Crippen LogP contribution in [0.5, 0.6) is 0 Å². The first-order valence-corrected chi connectivity index (χ1v) is 12.0. The molecule has 0 unspecified atom stereocenters. The fraction of sp³-hybridized carbons (Fsp3) is 0.630. The quantitative estimate of drug-likeness (QED) is 0.605. The van der Waals surface area contributed by atoms with Gasteiger partial charge in [0.05, 0.1) is 0 Å². The summed E-state index contributed by atoms with van der Waals surface area (Å²) in [5.41, 5.74) is 2.77. The van der Waals surface area contributed by atoms with Gasteiger partial charge < -0.3 is 4.74 Å². The zero-order chi connectivity index (χ0) is 20.7. The summed E-state index contributed by atoms with van der Waals surface area (Å²) in [6.45, 7) is 2.39. The number of aryl methyl sites for hydroxylation is 1. The lowest BCUT2D eigenvalue weighted by Crippen LogP contribution is -2.48. The van der Waals surface area contributed by atoms with Crippen LogP contribution in [-0.4, -0.2) is 17.9 Å². The first kappa shape index (κ1) is 20.0. The van der Waals surface area contributed by atoms with Gasteiger partial charge in [-0.3, -0.25) is 9.59 Å². The second-order valence-electron chi connectivity index (χ2n) is 10.4. The molecule has 3 heteroatoms. The molecule has 30 heavy (non-hydrogen) atoms. The summed E-state index contributed by atoms with van der Waals surface area (Å²) in [4.78, 5) is 24.5. The molecule has 5 rings (SSSR count). The number of ether oxygens (including phenoxy) is 1. The van der Waals surface area contributed by atoms with E-state index in [2.05, 4.69) is 19.1 Å². The fourth-order valence-corrected chi connectivity index (χ4v) is 7.43. The number of carbonyl (C=O) groups is 2. The highest BCUT2D eigenvalue weighted by Crippen LogP contribution is 2.62. The highest BCUT2D eigenvalue weighted by atomic mass is 16.5. The van der Waals surface area contributed by atoms with Crippen molar-refractivity contribution in [3.63, 3.8) is 0 Å². The van der Waals surface area contributed by atoms with E-state index in [4.69, 9.17) is 4.74 Å². The molecule has 6 atom stereocenters. The topological polar surface area (TPSA) is 43.4 Å². The van der Waals surface area contributed by atoms with Gasteiger partial charge in [0.2, 0.25) is 0 Å². The number of rotatable bonds is 4. The van der Waals surface area contributed by atoms with Crippen LogP contribution in [0, 0.1) is 29.1 Å². The smallest absolute Gasteiger partial charge is 0.306 e. The third-order valence-electron chi connectivity index (χ3n) is 8.95. The van der Waals surface area contributed by atoms with Crippen molar-refractivity contribution in [3.8, 4) is 0 Å². The van der Waals surface area contributed by atoms with Crippen molar-refractivity contribution in [2.45, 2.75) is 77.2 Å². The normalized spacial score (nSPS) is 37.6. The largest absolute Gasteiger partial charge is 0.462 e. The molecule has 0 radical (unpaired) electrons. The van der Waals surface area contributed by atoms with Crippen molar-refractivity contribution >= 4 is 11.8 Å². The molecule has 0 heterocycles. The predicted molar refractivity (Wildman–Crippen MR) is 117 cm³/mol. The van der Waals surface area contributed by atoms with Crippen LogP contribution < -0.4 is 0 Å². The number of esters is 1. The van der Waals surface area contributed by atoms with Crippen LogP contribution >= 0.6 is 0 Å². The molecular formula is C27H34O3. The van der Waals surface area contributed by atoms with Crippen molar-refractivity contribution in [2.24, 2.45) is 29.1 Å². The summed E-state index contributed by atoms with van der Waals surface area (Å²) in [6.07, 6.45) is 12.0. The summed E-state index contributed by atoms with van der Waals surface area (Å²) in [5.74, 6) is 3.09. The molecule has 0 spiro atoms. The SMILES string of the molecule is C[C@]12CC[C@H]3[C@H](CCC4=CC(=O)CC[C@H]43)[C@@H]1CC[C@@H]2OC(=O)CCc1ccccc1. The van der Waals surface area contributed by atoms with E-state index in [0.717, 1.165) is 50.4 Å². The van der Waals surface area contributed by atoms with Gasteiger partial charge in [0.1, 0.15) is 6.10 Å². The summed E-state index contributed by atoms with van der Waals surface area (Å²) in [5, 5.41) is 0. The second kappa shape index (κ2) is 7.98. The van der Waals surface area contributed by atoms with Crippen molar-refractivity contribution < 1.29 is 14.3 Å². The van der Waals surface area contributed by atoms with Gasteiger partial charge in [0.25, 0.3) is 0 Å². The van der Waals surface area contributed by atoms with Crippen LogP contribution in [0.2, 0.25) is 0 Å². The van der Waals surface area contributed by atoms with E-state index >= 15 is 0 Å². The number of carbonyl (C=O) groups excluding carboxylic acids is 2. The molecule has 0 bridgehead atoms. The Morgan fingerprint density at radius 2 is 1.87 bits per heavy atom. The van der Waals surface area contributed by atoms with Gasteiger partial charge in [0.15, 0.2) is 5.78 Å². The van der Waals surface area contributed by atoms with Crippen LogP contribution in [0.4, 0.5) is 0 Å². The monoisotopic (exact) mass is 406 g/mol. The van der Waals surface area contributed by atoms with E-state index in [9.17, 15) is 9.59 Å². The lowest BCUT2D eigenvalue weighted by molar-refractivity contribution is -0.158. The van der Waals surface area contributed by atoms with Crippen LogP contribution in [0.3, 0.4) is 0 Å². The molecule has 1 aromatic rings. The van der Waals surface area contributed by atoms with Gasteiger partial charge in [-0.1, -0.05) is 42.8 Å². The minimum Gasteiger partial charge on any atom is -0.462 e. The molecule has 0 aromatic heterocycles. The molecule has 1 aromatic carbocycles. The van der Waals surface area contributed by atoms with E-state index in [1.54, 1.807) is 0 Å². The molecule has 3 fully saturated rings. The van der Waals surface area contributed by atoms with Gasteiger partial charge in [0, 0.05) is 18.3 Å². The van der Waals surface area contributed by atoms with Gasteiger partial charge in [-0.15, -0.1) is 0 Å². The van der Waals surface area contributed by atoms with E-state index in [0.29, 0.717) is 24.0 Å². The van der Waals surface area contributed by atoms with Crippen molar-refractivity contribution in [1.82, 2.24) is 0 Å². The zero-order valence-corrected chi connectivity index (χ0v) is 18.1. The van der Waals surface area contributed by atoms with Crippen LogP contribution in [0.25, 0.3) is 0 Å². The number of hydrogen-bond donors (Lipinski definition) is 0. The number of allylic oxidation sites excluding steroid dienone is 1. The molecule has 3 saturated carbocycles. The molecular weight excluding hydrogens is 372 g/mol. The highest BCUT2D eigenvalue weighted by molar-refractivity contribution is 5.91. The Hall–Kier alpha value is -1.90. The lowest BCUT2D eigenvalue weighted by atomic mass is 9.52. The average molecular weight is 407 g/mol. The summed E-state index contributed by atoms with van der Waals surface area (Å²) in [6, 6.07) is 10.2. The Labute approximate surface area is 180 Å². The second-order valence-corrected chi connectivity index (χ2v) is 10.4. The van der Waals surface area contributed by atoms with E-state index in [1.165, 1.54) is 30.4 Å². The van der Waals surface area contributed by atoms with Crippen molar-refractivity contribution in [3.05, 3.63) is 47.5 Å². The van der Waals surface area contributed by atoms with Gasteiger partial charge in [-0.25, -0.2) is 0 Å². The maximum Gasteiger partial charge on any atom is 0.306 e. The Kier molecular flexibility index (Phi) is 5.33. The number of fused-ring (bicyclic) bond motifs is 5. The minimum atomic E-state index is -0.0347. The molecule has 0 aliphatic heterocycles. The average Bonchev–Trinajstić information content (AvgIpc) is 3.09. The molecule has 0 N–H and O–H groups in total. The molecule has 3 nitrogen and oxygen atoms in total. The van der Waals surface area contributed by atoms with E-state index in [-0.39, 0.29) is 17.5 Å². The van der Waals surface area contributed by atoms with Crippen LogP contribution in [-0.2, 0) is 20.7 Å². The van der Waals surface area contributed by atoms with Crippen molar-refractivity contribution in [1.29, 1.82) is 0 Å². The molecule has 160 valence electrons. The summed E-state index contributed by atoms with van der Waals surface area (Å²) in [7, 11) is 0. The zero-order valence-electron chi connectivity index (χ0n) is 18.1. The van der Waals surface area contributed by atoms with Gasteiger partial charge in [-0.2, -0.15) is 0 Å². The lowest BCUT2D eigenvalue weighted by Gasteiger charge is -2.53. The highest BCUT2D eigenvalue weighted by Gasteiger charge is 2.57. The predicted octanol–water partition coefficient (Wildman–Crippen LogP) is 5.67. The number of benzene rings is 1. The maximum atomic E-state index is 12.6. The molecule has 4 aliphatic carbocycles. The van der Waals surface area contributed by atoms with Crippen molar-refractivity contribution in [2.75, 3.05) is 0 Å². The minimum absolute atomic E-state index is 0.0347. The third kappa shape index (κ3) is 3.55. The number of hydrogen-bond acceptors (Lipinski definition) is 3. The molecule has 0 saturated heterocycles. The molecule has 0 amide bonds. The maximum absolute atomic E-state index is 12.6. The summed E-state index contributed by atoms with van der Waals surface area (Å²) >= 11 is 0. The van der Waals surface area contributed by atoms with E-state index < -0.39 is 0 Å². The Bertz CT molecular complexity index is 841. The van der Waals surface area contributed by atoms with Crippen LogP contribution in [0.15, 0.2) is 42.0 Å². The Balaban J connectivity index is 1.23. The summed E-state index contributed by atoms with van der Waals surface area (Å²) < 4.78 is 6.11. The Morgan fingerprint density at radius 3 is 2.70 bits per heavy atom. The van der Waals surface area contributed by atoms with E-state index in [1.807, 2.05) is 24.3 Å². The Morgan fingerprint density at radius 1 is 1.03 bits per heavy atom. The van der Waals surface area contributed by atoms with Crippen LogP contribution in [0.1, 0.15) is 70.3 Å². The first-order chi connectivity index (χ1) is 14.5. The standard InChI is InChI=1S/C27H34O3/c1-27-16-15-22-21-11-9-20(28)17-19(21)8-10-23(22)24(27)12-13-25(27)30-26(29)14-7-18-5-3-2-4-6-18/h2-6,17,21-25H,7-16H2,1H3/t21-,22-,23+,24+,25+,27+/m1/s1. The van der Waals surface area contributed by atoms with Gasteiger partial charge >= 0.3 is 5.97 Å². The first-order valence-electron chi connectivity index (χ1n) is 12.0. The third-order valence-corrected chi connectivity index (χ3v) is 8.95. The van der Waals surface area contributed by atoms with Gasteiger partial charge in [-0.05, 0) is 86.7 Å². The number of ketones is 1.